The molecule has 0 aromatic heterocycles. The van der Waals surface area contributed by atoms with Crippen LogP contribution < -0.4 is 10.2 Å². The molecule has 2 nitrogen and oxygen atoms in total. The van der Waals surface area contributed by atoms with E-state index in [0.29, 0.717) is 22.1 Å². The van der Waals surface area contributed by atoms with Gasteiger partial charge in [0.2, 0.25) is 0 Å². The molecule has 0 amide bonds. The molecule has 0 saturated carbocycles. The molecule has 86 valence electrons. The number of piperazine rings is 1. The fourth-order valence-corrected chi connectivity index (χ4v) is 3.14. The molecule has 1 aromatic rings. The summed E-state index contributed by atoms with van der Waals surface area (Å²) in [5.74, 6) is 0. The van der Waals surface area contributed by atoms with Gasteiger partial charge in [-0.3, -0.25) is 0 Å². The Morgan fingerprint density at radius 1 is 1.06 bits per heavy atom. The molecule has 4 heteroatoms. The molecule has 2 fully saturated rings. The van der Waals surface area contributed by atoms with Crippen LogP contribution in [0.25, 0.3) is 0 Å². The molecule has 0 radical (unpaired) electrons. The van der Waals surface area contributed by atoms with Crippen molar-refractivity contribution in [2.24, 2.45) is 0 Å². The van der Waals surface area contributed by atoms with E-state index in [4.69, 9.17) is 23.2 Å². The van der Waals surface area contributed by atoms with Crippen LogP contribution in [0.5, 0.6) is 0 Å². The van der Waals surface area contributed by atoms with Gasteiger partial charge in [0.05, 0.1) is 10.0 Å². The average Bonchev–Trinajstić information content (AvgIpc) is 2.53. The number of fused-ring (bicyclic) bond motifs is 2. The van der Waals surface area contributed by atoms with E-state index in [2.05, 4.69) is 16.3 Å². The van der Waals surface area contributed by atoms with Crippen molar-refractivity contribution in [2.75, 3.05) is 18.0 Å². The summed E-state index contributed by atoms with van der Waals surface area (Å²) in [7, 11) is 0. The van der Waals surface area contributed by atoms with Gasteiger partial charge in [0.25, 0.3) is 0 Å². The highest BCUT2D eigenvalue weighted by Crippen LogP contribution is 2.35. The van der Waals surface area contributed by atoms with E-state index in [1.165, 1.54) is 18.5 Å². The second kappa shape index (κ2) is 4.10. The molecule has 2 saturated heterocycles. The number of hydrogen-bond donors (Lipinski definition) is 1. The van der Waals surface area contributed by atoms with Crippen LogP contribution in [-0.4, -0.2) is 25.2 Å². The molecule has 0 spiro atoms. The first-order valence-corrected chi connectivity index (χ1v) is 6.45. The van der Waals surface area contributed by atoms with Gasteiger partial charge < -0.3 is 10.2 Å². The van der Waals surface area contributed by atoms with Crippen molar-refractivity contribution >= 4 is 28.9 Å². The standard InChI is InChI=1S/C12H14Cl2N2/c13-11-4-3-8(5-12(11)14)16-9-1-2-10(16)7-15-6-9/h3-5,9-10,15H,1-2,6-7H2. The van der Waals surface area contributed by atoms with Crippen LogP contribution >= 0.6 is 23.2 Å². The minimum atomic E-state index is 0.621. The molecule has 1 aromatic carbocycles. The van der Waals surface area contributed by atoms with Gasteiger partial charge in [0.15, 0.2) is 0 Å². The van der Waals surface area contributed by atoms with Crippen molar-refractivity contribution in [1.82, 2.24) is 5.32 Å². The molecule has 2 aliphatic heterocycles. The topological polar surface area (TPSA) is 15.3 Å². The summed E-state index contributed by atoms with van der Waals surface area (Å²) >= 11 is 12.0. The maximum Gasteiger partial charge on any atom is 0.0612 e. The van der Waals surface area contributed by atoms with E-state index >= 15 is 0 Å². The molecule has 1 N–H and O–H groups in total. The SMILES string of the molecule is Clc1ccc(N2C3CCC2CNC3)cc1Cl. The van der Waals surface area contributed by atoms with Gasteiger partial charge >= 0.3 is 0 Å². The van der Waals surface area contributed by atoms with Gasteiger partial charge in [-0.05, 0) is 31.0 Å². The Kier molecular flexibility index (Phi) is 2.74. The lowest BCUT2D eigenvalue weighted by Gasteiger charge is -2.37. The first kappa shape index (κ1) is 10.7. The second-order valence-electron chi connectivity index (χ2n) is 4.55. The summed E-state index contributed by atoms with van der Waals surface area (Å²) in [6, 6.07) is 7.19. The monoisotopic (exact) mass is 256 g/mol. The highest BCUT2D eigenvalue weighted by molar-refractivity contribution is 6.42. The molecule has 2 atom stereocenters. The van der Waals surface area contributed by atoms with E-state index in [0.717, 1.165) is 13.1 Å². The number of hydrogen-bond acceptors (Lipinski definition) is 2. The van der Waals surface area contributed by atoms with Crippen molar-refractivity contribution < 1.29 is 0 Å². The molecule has 2 unspecified atom stereocenters. The number of benzene rings is 1. The minimum absolute atomic E-state index is 0.621. The van der Waals surface area contributed by atoms with Gasteiger partial charge in [-0.15, -0.1) is 0 Å². The fraction of sp³-hybridized carbons (Fsp3) is 0.500. The zero-order chi connectivity index (χ0) is 11.1. The Bertz CT molecular complexity index is 392. The minimum Gasteiger partial charge on any atom is -0.363 e. The molecule has 2 aliphatic rings. The first-order chi connectivity index (χ1) is 7.75. The third kappa shape index (κ3) is 1.69. The molecule has 16 heavy (non-hydrogen) atoms. The Morgan fingerprint density at radius 2 is 1.75 bits per heavy atom. The number of nitrogens with zero attached hydrogens (tertiary/aromatic N) is 1. The van der Waals surface area contributed by atoms with Gasteiger partial charge in [-0.25, -0.2) is 0 Å². The predicted octanol–water partition coefficient (Wildman–Crippen LogP) is 2.93. The Morgan fingerprint density at radius 3 is 2.38 bits per heavy atom. The maximum absolute atomic E-state index is 6.07. The van der Waals surface area contributed by atoms with Crippen LogP contribution in [0.4, 0.5) is 5.69 Å². The van der Waals surface area contributed by atoms with Gasteiger partial charge in [-0.1, -0.05) is 23.2 Å². The predicted molar refractivity (Wildman–Crippen MR) is 68.6 cm³/mol. The third-order valence-corrected chi connectivity index (χ3v) is 4.32. The van der Waals surface area contributed by atoms with E-state index in [-0.39, 0.29) is 0 Å². The summed E-state index contributed by atoms with van der Waals surface area (Å²) in [6.45, 7) is 2.16. The zero-order valence-corrected chi connectivity index (χ0v) is 10.4. The molecule has 3 rings (SSSR count). The van der Waals surface area contributed by atoms with E-state index in [1.54, 1.807) is 0 Å². The number of rotatable bonds is 1. The lowest BCUT2D eigenvalue weighted by Crippen LogP contribution is -2.51. The maximum atomic E-state index is 6.07. The Labute approximate surface area is 106 Å². The summed E-state index contributed by atoms with van der Waals surface area (Å²) in [5.41, 5.74) is 1.21. The van der Waals surface area contributed by atoms with Gasteiger partial charge in [0.1, 0.15) is 0 Å². The molecular weight excluding hydrogens is 243 g/mol. The molecule has 0 aliphatic carbocycles. The second-order valence-corrected chi connectivity index (χ2v) is 5.36. The third-order valence-electron chi connectivity index (χ3n) is 3.58. The van der Waals surface area contributed by atoms with Gasteiger partial charge in [0, 0.05) is 30.9 Å². The number of anilines is 1. The smallest absolute Gasteiger partial charge is 0.0612 e. The fourth-order valence-electron chi connectivity index (χ4n) is 2.85. The Hall–Kier alpha value is -0.440. The lowest BCUT2D eigenvalue weighted by atomic mass is 10.2. The highest BCUT2D eigenvalue weighted by atomic mass is 35.5. The van der Waals surface area contributed by atoms with E-state index in [9.17, 15) is 0 Å². The van der Waals surface area contributed by atoms with Crippen molar-refractivity contribution in [3.8, 4) is 0 Å². The van der Waals surface area contributed by atoms with Crippen LogP contribution in [0.2, 0.25) is 10.0 Å². The van der Waals surface area contributed by atoms with Crippen LogP contribution in [0.3, 0.4) is 0 Å². The Balaban J connectivity index is 1.94. The van der Waals surface area contributed by atoms with Crippen LogP contribution in [0.1, 0.15) is 12.8 Å². The van der Waals surface area contributed by atoms with E-state index in [1.807, 2.05) is 12.1 Å². The summed E-state index contributed by atoms with van der Waals surface area (Å²) in [4.78, 5) is 2.50. The average molecular weight is 257 g/mol. The van der Waals surface area contributed by atoms with Crippen molar-refractivity contribution in [3.05, 3.63) is 28.2 Å². The van der Waals surface area contributed by atoms with Crippen molar-refractivity contribution in [3.63, 3.8) is 0 Å². The molecular formula is C12H14Cl2N2. The first-order valence-electron chi connectivity index (χ1n) is 5.70. The quantitative estimate of drug-likeness (QED) is 0.832. The largest absolute Gasteiger partial charge is 0.363 e. The van der Waals surface area contributed by atoms with Crippen LogP contribution in [0, 0.1) is 0 Å². The summed E-state index contributed by atoms with van der Waals surface area (Å²) in [5, 5.41) is 4.75. The van der Waals surface area contributed by atoms with Gasteiger partial charge in [-0.2, -0.15) is 0 Å². The zero-order valence-electron chi connectivity index (χ0n) is 8.92. The number of nitrogens with one attached hydrogen (secondary N) is 1. The van der Waals surface area contributed by atoms with Crippen molar-refractivity contribution in [1.29, 1.82) is 0 Å². The molecule has 2 heterocycles. The molecule has 2 bridgehead atoms. The van der Waals surface area contributed by atoms with Crippen molar-refractivity contribution in [2.45, 2.75) is 24.9 Å². The highest BCUT2D eigenvalue weighted by Gasteiger charge is 2.36. The lowest BCUT2D eigenvalue weighted by molar-refractivity contribution is 0.485. The van der Waals surface area contributed by atoms with Crippen LogP contribution in [-0.2, 0) is 0 Å². The van der Waals surface area contributed by atoms with Crippen LogP contribution in [0.15, 0.2) is 18.2 Å². The summed E-state index contributed by atoms with van der Waals surface area (Å²) in [6.07, 6.45) is 2.55. The normalized spacial score (nSPS) is 28.5. The number of halogens is 2. The summed E-state index contributed by atoms with van der Waals surface area (Å²) < 4.78 is 0. The van der Waals surface area contributed by atoms with E-state index < -0.39 is 0 Å².